The highest BCUT2D eigenvalue weighted by Gasteiger charge is 2.25. The van der Waals surface area contributed by atoms with E-state index in [2.05, 4.69) is 9.47 Å². The van der Waals surface area contributed by atoms with E-state index in [1.165, 1.54) is 0 Å². The van der Waals surface area contributed by atoms with Crippen LogP contribution >= 0.6 is 21.7 Å². The van der Waals surface area contributed by atoms with Crippen molar-refractivity contribution in [1.29, 1.82) is 0 Å². The van der Waals surface area contributed by atoms with Gasteiger partial charge in [-0.05, 0) is 10.7 Å². The molecular formula is C6H6ClFO4S. The van der Waals surface area contributed by atoms with Crippen molar-refractivity contribution in [2.24, 2.45) is 0 Å². The maximum absolute atomic E-state index is 12.8. The second-order valence-corrected chi connectivity index (χ2v) is 2.68. The van der Waals surface area contributed by atoms with Gasteiger partial charge in [0.25, 0.3) is 0 Å². The van der Waals surface area contributed by atoms with Crippen molar-refractivity contribution in [1.82, 2.24) is 0 Å². The summed E-state index contributed by atoms with van der Waals surface area (Å²) in [5, 5.41) is -1.15. The zero-order valence-electron chi connectivity index (χ0n) is 6.80. The zero-order chi connectivity index (χ0) is 10.4. The molecule has 0 saturated carbocycles. The van der Waals surface area contributed by atoms with Crippen molar-refractivity contribution in [3.05, 3.63) is 10.7 Å². The normalized spacial score (nSPS) is 8.92. The van der Waals surface area contributed by atoms with Crippen LogP contribution < -0.4 is 0 Å². The molecule has 74 valence electrons. The highest BCUT2D eigenvalue weighted by atomic mass is 35.7. The van der Waals surface area contributed by atoms with Gasteiger partial charge in [0.05, 0.1) is 14.2 Å². The molecule has 0 aliphatic heterocycles. The Kier molecular flexibility index (Phi) is 5.48. The summed E-state index contributed by atoms with van der Waals surface area (Å²) in [6.45, 7) is 0. The summed E-state index contributed by atoms with van der Waals surface area (Å²) in [5.74, 6) is -2.25. The molecule has 0 aliphatic rings. The molecule has 13 heavy (non-hydrogen) atoms. The third kappa shape index (κ3) is 3.23. The lowest BCUT2D eigenvalue weighted by Crippen LogP contribution is -2.16. The number of rotatable bonds is 3. The van der Waals surface area contributed by atoms with E-state index in [4.69, 9.17) is 10.7 Å². The number of hydrogen-bond acceptors (Lipinski definition) is 5. The first-order valence-corrected chi connectivity index (χ1v) is 4.57. The summed E-state index contributed by atoms with van der Waals surface area (Å²) in [6.07, 6.45) is 0. The molecule has 0 aromatic carbocycles. The summed E-state index contributed by atoms with van der Waals surface area (Å²) >= 11 is 0. The van der Waals surface area contributed by atoms with E-state index >= 15 is 0 Å². The van der Waals surface area contributed by atoms with Crippen molar-refractivity contribution in [3.8, 4) is 0 Å². The van der Waals surface area contributed by atoms with Gasteiger partial charge in [0.15, 0.2) is 10.7 Å². The molecule has 4 nitrogen and oxygen atoms in total. The summed E-state index contributed by atoms with van der Waals surface area (Å²) < 4.78 is 21.1. The molecule has 0 amide bonds. The number of methoxy groups -OCH3 is 2. The van der Waals surface area contributed by atoms with E-state index in [-0.39, 0.29) is 11.0 Å². The van der Waals surface area contributed by atoms with Gasteiger partial charge < -0.3 is 9.47 Å². The van der Waals surface area contributed by atoms with Crippen LogP contribution in [0.5, 0.6) is 0 Å². The molecule has 0 saturated heterocycles. The number of hydrogen-bond donors (Lipinski definition) is 0. The van der Waals surface area contributed by atoms with E-state index in [0.717, 1.165) is 14.2 Å². The van der Waals surface area contributed by atoms with E-state index in [1.807, 2.05) is 0 Å². The zero-order valence-corrected chi connectivity index (χ0v) is 8.37. The molecule has 0 N–H and O–H groups in total. The van der Waals surface area contributed by atoms with Gasteiger partial charge in [0, 0.05) is 11.0 Å². The highest BCUT2D eigenvalue weighted by Crippen LogP contribution is 2.26. The Morgan fingerprint density at radius 2 is 1.62 bits per heavy atom. The van der Waals surface area contributed by atoms with Crippen LogP contribution in [0.1, 0.15) is 0 Å². The van der Waals surface area contributed by atoms with Crippen molar-refractivity contribution in [2.75, 3.05) is 14.2 Å². The molecule has 0 rings (SSSR count). The van der Waals surface area contributed by atoms with Crippen LogP contribution in [0.3, 0.4) is 0 Å². The summed E-state index contributed by atoms with van der Waals surface area (Å²) in [4.78, 5) is 21.6. The van der Waals surface area contributed by atoms with Crippen molar-refractivity contribution < 1.29 is 23.5 Å². The quantitative estimate of drug-likeness (QED) is 0.316. The number of carbonyl (C=O) groups is 2. The van der Waals surface area contributed by atoms with Crippen molar-refractivity contribution >= 4 is 33.6 Å². The van der Waals surface area contributed by atoms with Crippen LogP contribution in [0.4, 0.5) is 4.39 Å². The molecule has 0 aromatic rings. The van der Waals surface area contributed by atoms with Crippen molar-refractivity contribution in [2.45, 2.75) is 0 Å². The van der Waals surface area contributed by atoms with Crippen LogP contribution in [0.2, 0.25) is 0 Å². The largest absolute Gasteiger partial charge is 0.465 e. The molecule has 0 radical (unpaired) electrons. The molecule has 0 atom stereocenters. The lowest BCUT2D eigenvalue weighted by molar-refractivity contribution is -0.144. The Hall–Kier alpha value is -0.750. The second-order valence-electron chi connectivity index (χ2n) is 1.71. The predicted molar refractivity (Wildman–Crippen MR) is 45.6 cm³/mol. The molecule has 0 spiro atoms. The fourth-order valence-corrected chi connectivity index (χ4v) is 0.962. The van der Waals surface area contributed by atoms with Crippen LogP contribution in [-0.4, -0.2) is 26.2 Å². The minimum Gasteiger partial charge on any atom is -0.465 e. The van der Waals surface area contributed by atoms with Gasteiger partial charge in [-0.3, -0.25) is 0 Å². The van der Waals surface area contributed by atoms with E-state index in [9.17, 15) is 14.0 Å². The molecule has 0 aromatic heterocycles. The highest BCUT2D eigenvalue weighted by molar-refractivity contribution is 8.24. The van der Waals surface area contributed by atoms with Crippen molar-refractivity contribution in [3.63, 3.8) is 0 Å². The third-order valence-corrected chi connectivity index (χ3v) is 1.79. The summed E-state index contributed by atoms with van der Waals surface area (Å²) in [5.41, 5.74) is -0.843. The average molecular weight is 229 g/mol. The van der Waals surface area contributed by atoms with E-state index < -0.39 is 22.7 Å². The molecule has 0 unspecified atom stereocenters. The Bertz CT molecular complexity index is 235. The SMILES string of the molecule is COC(=O)C(C(=O)OC)=C(F)SCl. The van der Waals surface area contributed by atoms with E-state index in [1.54, 1.807) is 0 Å². The number of ether oxygens (including phenoxy) is 2. The third-order valence-electron chi connectivity index (χ3n) is 1.04. The monoisotopic (exact) mass is 228 g/mol. The number of carbonyl (C=O) groups excluding carboxylic acids is 2. The summed E-state index contributed by atoms with van der Waals surface area (Å²) in [6, 6.07) is 0. The maximum atomic E-state index is 12.8. The lowest BCUT2D eigenvalue weighted by Gasteiger charge is -2.02. The molecule has 0 aliphatic carbocycles. The van der Waals surface area contributed by atoms with Crippen LogP contribution in [0, 0.1) is 0 Å². The fraction of sp³-hybridized carbons (Fsp3) is 0.333. The van der Waals surface area contributed by atoms with Crippen LogP contribution in [0.25, 0.3) is 0 Å². The predicted octanol–water partition coefficient (Wildman–Crippen LogP) is 1.40. The lowest BCUT2D eigenvalue weighted by atomic mass is 10.3. The topological polar surface area (TPSA) is 52.6 Å². The minimum absolute atomic E-state index is 0.104. The van der Waals surface area contributed by atoms with Crippen LogP contribution in [0.15, 0.2) is 10.7 Å². The Morgan fingerprint density at radius 3 is 1.85 bits per heavy atom. The Morgan fingerprint density at radius 1 is 1.23 bits per heavy atom. The first-order chi connectivity index (χ1) is 6.08. The van der Waals surface area contributed by atoms with Gasteiger partial charge in [-0.25, -0.2) is 9.59 Å². The molecule has 0 bridgehead atoms. The average Bonchev–Trinajstić information content (AvgIpc) is 2.16. The molecule has 0 fully saturated rings. The van der Waals surface area contributed by atoms with Crippen LogP contribution in [-0.2, 0) is 19.1 Å². The van der Waals surface area contributed by atoms with Gasteiger partial charge in [-0.2, -0.15) is 4.39 Å². The second kappa shape index (κ2) is 5.82. The van der Waals surface area contributed by atoms with Gasteiger partial charge in [0.2, 0.25) is 0 Å². The van der Waals surface area contributed by atoms with Gasteiger partial charge in [-0.15, -0.1) is 0 Å². The van der Waals surface area contributed by atoms with Gasteiger partial charge in [0.1, 0.15) is 0 Å². The molecular weight excluding hydrogens is 223 g/mol. The van der Waals surface area contributed by atoms with Gasteiger partial charge in [-0.1, -0.05) is 0 Å². The molecule has 7 heteroatoms. The number of halogens is 2. The number of esters is 2. The Labute approximate surface area is 82.5 Å². The van der Waals surface area contributed by atoms with E-state index in [0.29, 0.717) is 0 Å². The Balaban J connectivity index is 4.97. The smallest absolute Gasteiger partial charge is 0.348 e. The standard InChI is InChI=1S/C6H6ClFO4S/c1-11-5(9)3(4(8)13-7)6(10)12-2/h1-2H3. The minimum atomic E-state index is -1.15. The van der Waals surface area contributed by atoms with Gasteiger partial charge >= 0.3 is 11.9 Å². The fourth-order valence-electron chi connectivity index (χ4n) is 0.487. The first-order valence-electron chi connectivity index (χ1n) is 2.93. The summed E-state index contributed by atoms with van der Waals surface area (Å²) in [7, 11) is 7.14. The maximum Gasteiger partial charge on any atom is 0.348 e. The molecule has 0 heterocycles. The first kappa shape index (κ1) is 12.2.